The molecule has 1 aromatic rings. The molecule has 25 heavy (non-hydrogen) atoms. The molecule has 136 valence electrons. The van der Waals surface area contributed by atoms with E-state index in [9.17, 15) is 9.59 Å². The molecule has 0 aliphatic heterocycles. The number of nitriles is 1. The normalized spacial score (nSPS) is 11.8. The van der Waals surface area contributed by atoms with Crippen LogP contribution in [-0.2, 0) is 15.0 Å². The maximum absolute atomic E-state index is 12.0. The number of rotatable bonds is 6. The van der Waals surface area contributed by atoms with Crippen LogP contribution < -0.4 is 10.6 Å². The van der Waals surface area contributed by atoms with Crippen LogP contribution in [0.15, 0.2) is 24.3 Å². The van der Waals surface area contributed by atoms with Crippen LogP contribution in [0.4, 0.5) is 5.69 Å². The number of benzene rings is 1. The molecule has 6 heteroatoms. The van der Waals surface area contributed by atoms with Crippen LogP contribution in [0.2, 0.25) is 0 Å². The first-order valence-electron chi connectivity index (χ1n) is 8.22. The molecule has 6 nitrogen and oxygen atoms in total. The number of anilines is 1. The van der Waals surface area contributed by atoms with Gasteiger partial charge < -0.3 is 15.5 Å². The van der Waals surface area contributed by atoms with Crippen LogP contribution in [-0.4, -0.2) is 43.9 Å². The Morgan fingerprint density at radius 3 is 2.12 bits per heavy atom. The SMILES string of the molecule is CN(C)CC(C)(C)CNC(=O)C(=O)Nc1ccc(C(C)(C)C#N)cc1. The molecule has 0 aliphatic carbocycles. The molecular formula is C19H28N4O2. The van der Waals surface area contributed by atoms with E-state index in [0.29, 0.717) is 12.2 Å². The van der Waals surface area contributed by atoms with Crippen LogP contribution in [0, 0.1) is 16.7 Å². The van der Waals surface area contributed by atoms with Gasteiger partial charge in [0.25, 0.3) is 0 Å². The number of nitrogens with zero attached hydrogens (tertiary/aromatic N) is 2. The van der Waals surface area contributed by atoms with Crippen LogP contribution in [0.25, 0.3) is 0 Å². The van der Waals surface area contributed by atoms with E-state index in [1.165, 1.54) is 0 Å². The largest absolute Gasteiger partial charge is 0.347 e. The van der Waals surface area contributed by atoms with E-state index in [1.807, 2.05) is 46.7 Å². The summed E-state index contributed by atoms with van der Waals surface area (Å²) < 4.78 is 0. The molecular weight excluding hydrogens is 316 g/mol. The fourth-order valence-electron chi connectivity index (χ4n) is 2.53. The second-order valence-electron chi connectivity index (χ2n) is 7.85. The second kappa shape index (κ2) is 8.13. The first-order chi connectivity index (χ1) is 11.5. The zero-order valence-electron chi connectivity index (χ0n) is 15.9. The summed E-state index contributed by atoms with van der Waals surface area (Å²) in [5, 5.41) is 14.4. The van der Waals surface area contributed by atoms with Gasteiger partial charge in [-0.25, -0.2) is 0 Å². The first-order valence-corrected chi connectivity index (χ1v) is 8.22. The fourth-order valence-corrected chi connectivity index (χ4v) is 2.53. The minimum atomic E-state index is -0.701. The van der Waals surface area contributed by atoms with Crippen LogP contribution >= 0.6 is 0 Å². The summed E-state index contributed by atoms with van der Waals surface area (Å²) in [6.45, 7) is 8.91. The van der Waals surface area contributed by atoms with Crippen LogP contribution in [0.1, 0.15) is 33.3 Å². The van der Waals surface area contributed by atoms with E-state index in [0.717, 1.165) is 12.1 Å². The lowest BCUT2D eigenvalue weighted by Gasteiger charge is -2.28. The molecule has 0 heterocycles. The summed E-state index contributed by atoms with van der Waals surface area (Å²) >= 11 is 0. The number of hydrogen-bond acceptors (Lipinski definition) is 4. The minimum absolute atomic E-state index is 0.135. The maximum Gasteiger partial charge on any atom is 0.313 e. The molecule has 2 amide bonds. The lowest BCUT2D eigenvalue weighted by molar-refractivity contribution is -0.136. The lowest BCUT2D eigenvalue weighted by atomic mass is 9.86. The highest BCUT2D eigenvalue weighted by Gasteiger charge is 2.23. The Morgan fingerprint density at radius 2 is 1.64 bits per heavy atom. The highest BCUT2D eigenvalue weighted by Crippen LogP contribution is 2.23. The second-order valence-corrected chi connectivity index (χ2v) is 7.85. The number of carbonyl (C=O) groups excluding carboxylic acids is 2. The van der Waals surface area contributed by atoms with Crippen molar-refractivity contribution >= 4 is 17.5 Å². The van der Waals surface area contributed by atoms with Crippen molar-refractivity contribution in [3.63, 3.8) is 0 Å². The molecule has 1 aromatic carbocycles. The highest BCUT2D eigenvalue weighted by atomic mass is 16.2. The molecule has 0 unspecified atom stereocenters. The summed E-state index contributed by atoms with van der Waals surface area (Å²) in [7, 11) is 3.93. The van der Waals surface area contributed by atoms with Gasteiger partial charge in [0.15, 0.2) is 0 Å². The zero-order chi connectivity index (χ0) is 19.3. The molecule has 0 spiro atoms. The quantitative estimate of drug-likeness (QED) is 0.774. The third-order valence-corrected chi connectivity index (χ3v) is 3.82. The highest BCUT2D eigenvalue weighted by molar-refractivity contribution is 6.39. The van der Waals surface area contributed by atoms with Gasteiger partial charge >= 0.3 is 11.8 Å². The van der Waals surface area contributed by atoms with Gasteiger partial charge in [0.05, 0.1) is 11.5 Å². The van der Waals surface area contributed by atoms with Crippen LogP contribution in [0.3, 0.4) is 0 Å². The predicted molar refractivity (Wildman–Crippen MR) is 99.1 cm³/mol. The van der Waals surface area contributed by atoms with Gasteiger partial charge in [0, 0.05) is 18.8 Å². The van der Waals surface area contributed by atoms with Gasteiger partial charge in [-0.15, -0.1) is 0 Å². The van der Waals surface area contributed by atoms with Gasteiger partial charge in [-0.05, 0) is 51.1 Å². The van der Waals surface area contributed by atoms with E-state index in [-0.39, 0.29) is 5.41 Å². The zero-order valence-corrected chi connectivity index (χ0v) is 15.9. The van der Waals surface area contributed by atoms with Gasteiger partial charge in [0.2, 0.25) is 0 Å². The van der Waals surface area contributed by atoms with Crippen molar-refractivity contribution < 1.29 is 9.59 Å². The number of amides is 2. The Labute approximate surface area is 150 Å². The van der Waals surface area contributed by atoms with Gasteiger partial charge in [-0.1, -0.05) is 26.0 Å². The fraction of sp³-hybridized carbons (Fsp3) is 0.526. The van der Waals surface area contributed by atoms with Gasteiger partial charge in [0.1, 0.15) is 0 Å². The standard InChI is InChI=1S/C19H28N4O2/c1-18(2,13-23(5)6)12-21-16(24)17(25)22-15-9-7-14(8-10-15)19(3,4)11-20/h7-10H,12-13H2,1-6H3,(H,21,24)(H,22,25). The number of nitrogens with one attached hydrogen (secondary N) is 2. The molecule has 0 saturated heterocycles. The first kappa shape index (κ1) is 20.7. The van der Waals surface area contributed by atoms with Crippen molar-refractivity contribution in [3.05, 3.63) is 29.8 Å². The predicted octanol–water partition coefficient (Wildman–Crippen LogP) is 2.13. The Hall–Kier alpha value is -2.39. The van der Waals surface area contributed by atoms with E-state index >= 15 is 0 Å². The van der Waals surface area contributed by atoms with E-state index in [4.69, 9.17) is 5.26 Å². The van der Waals surface area contributed by atoms with Crippen molar-refractivity contribution in [2.24, 2.45) is 5.41 Å². The summed E-state index contributed by atoms with van der Waals surface area (Å²) in [4.78, 5) is 26.0. The third kappa shape index (κ3) is 6.55. The van der Waals surface area contributed by atoms with Gasteiger partial charge in [-0.3, -0.25) is 9.59 Å². The molecule has 2 N–H and O–H groups in total. The Bertz CT molecular complexity index is 655. The summed E-state index contributed by atoms with van der Waals surface area (Å²) in [5.41, 5.74) is 0.634. The molecule has 0 aromatic heterocycles. The van der Waals surface area contributed by atoms with Crippen molar-refractivity contribution in [3.8, 4) is 6.07 Å². The lowest BCUT2D eigenvalue weighted by Crippen LogP contribution is -2.43. The third-order valence-electron chi connectivity index (χ3n) is 3.82. The molecule has 0 atom stereocenters. The number of carbonyl (C=O) groups is 2. The minimum Gasteiger partial charge on any atom is -0.347 e. The molecule has 0 saturated carbocycles. The Balaban J connectivity index is 2.61. The summed E-state index contributed by atoms with van der Waals surface area (Å²) in [5.74, 6) is -1.36. The topological polar surface area (TPSA) is 85.2 Å². The maximum atomic E-state index is 12.0. The Morgan fingerprint density at radius 1 is 1.08 bits per heavy atom. The van der Waals surface area contributed by atoms with E-state index in [1.54, 1.807) is 24.3 Å². The monoisotopic (exact) mass is 344 g/mol. The Kier molecular flexibility index (Phi) is 6.71. The van der Waals surface area contributed by atoms with Crippen LogP contribution in [0.5, 0.6) is 0 Å². The summed E-state index contributed by atoms with van der Waals surface area (Å²) in [6, 6.07) is 9.15. The van der Waals surface area contributed by atoms with Crippen molar-refractivity contribution in [2.45, 2.75) is 33.1 Å². The molecule has 0 fully saturated rings. The van der Waals surface area contributed by atoms with Crippen molar-refractivity contribution in [2.75, 3.05) is 32.5 Å². The molecule has 0 aliphatic rings. The average Bonchev–Trinajstić information content (AvgIpc) is 2.52. The molecule has 0 radical (unpaired) electrons. The average molecular weight is 344 g/mol. The molecule has 0 bridgehead atoms. The van der Waals surface area contributed by atoms with E-state index < -0.39 is 17.2 Å². The van der Waals surface area contributed by atoms with Gasteiger partial charge in [-0.2, -0.15) is 5.26 Å². The summed E-state index contributed by atoms with van der Waals surface area (Å²) in [6.07, 6.45) is 0. The van der Waals surface area contributed by atoms with Crippen molar-refractivity contribution in [1.82, 2.24) is 10.2 Å². The smallest absolute Gasteiger partial charge is 0.313 e. The molecule has 1 rings (SSSR count). The van der Waals surface area contributed by atoms with Crippen molar-refractivity contribution in [1.29, 1.82) is 5.26 Å². The van der Waals surface area contributed by atoms with E-state index in [2.05, 4.69) is 16.7 Å². The number of hydrogen-bond donors (Lipinski definition) is 2.